The van der Waals surface area contributed by atoms with E-state index in [1.54, 1.807) is 6.20 Å². The molecule has 0 aliphatic heterocycles. The van der Waals surface area contributed by atoms with Crippen LogP contribution in [0.3, 0.4) is 0 Å². The first-order valence-corrected chi connectivity index (χ1v) is 10.7. The summed E-state index contributed by atoms with van der Waals surface area (Å²) >= 11 is 0. The highest BCUT2D eigenvalue weighted by molar-refractivity contribution is 5.76. The molecule has 0 fully saturated rings. The van der Waals surface area contributed by atoms with Crippen LogP contribution in [-0.2, 0) is 22.4 Å². The number of benzene rings is 1. The van der Waals surface area contributed by atoms with E-state index in [0.717, 1.165) is 37.2 Å². The number of carboxylic acids is 2. The van der Waals surface area contributed by atoms with E-state index < -0.39 is 24.0 Å². The maximum atomic E-state index is 11.6. The number of alkyl halides is 3. The highest BCUT2D eigenvalue weighted by Crippen LogP contribution is 2.22. The summed E-state index contributed by atoms with van der Waals surface area (Å²) in [6.45, 7) is 0.832. The van der Waals surface area contributed by atoms with E-state index in [9.17, 15) is 23.1 Å². The first kappa shape index (κ1) is 27.3. The molecule has 1 atom stereocenters. The van der Waals surface area contributed by atoms with Crippen LogP contribution >= 0.6 is 0 Å². The molecule has 0 radical (unpaired) electrons. The molecule has 0 amide bonds. The fourth-order valence-electron chi connectivity index (χ4n) is 2.97. The molecular formula is C23H25F3N4O5. The van der Waals surface area contributed by atoms with Crippen LogP contribution in [0.25, 0.3) is 0 Å². The molecule has 9 nitrogen and oxygen atoms in total. The smallest absolute Gasteiger partial charge is 0.481 e. The van der Waals surface area contributed by atoms with E-state index in [2.05, 4.69) is 20.4 Å². The Kier molecular flexibility index (Phi) is 10.7. The van der Waals surface area contributed by atoms with Gasteiger partial charge in [0, 0.05) is 25.6 Å². The SMILES string of the molecule is O=C(O)C(CCc1nc(CCCCNc2ccccn2)no1)c1ccccc1.O=C(O)C(F)(F)F. The number of pyridine rings is 1. The van der Waals surface area contributed by atoms with E-state index in [4.69, 9.17) is 14.4 Å². The molecule has 2 heterocycles. The first-order chi connectivity index (χ1) is 16.7. The number of nitrogens with zero attached hydrogens (tertiary/aromatic N) is 3. The Morgan fingerprint density at radius 1 is 1.00 bits per heavy atom. The fraction of sp³-hybridized carbons (Fsp3) is 0.348. The van der Waals surface area contributed by atoms with Crippen LogP contribution in [0, 0.1) is 0 Å². The van der Waals surface area contributed by atoms with Gasteiger partial charge in [0.15, 0.2) is 5.82 Å². The van der Waals surface area contributed by atoms with Gasteiger partial charge in [0.25, 0.3) is 0 Å². The number of anilines is 1. The van der Waals surface area contributed by atoms with Gasteiger partial charge in [-0.1, -0.05) is 41.6 Å². The van der Waals surface area contributed by atoms with E-state index in [0.29, 0.717) is 24.6 Å². The van der Waals surface area contributed by atoms with Crippen LogP contribution in [0.1, 0.15) is 42.5 Å². The van der Waals surface area contributed by atoms with Gasteiger partial charge in [-0.15, -0.1) is 0 Å². The number of aromatic nitrogens is 3. The number of aliphatic carboxylic acids is 2. The predicted octanol–water partition coefficient (Wildman–Crippen LogP) is 4.33. The van der Waals surface area contributed by atoms with Crippen molar-refractivity contribution in [1.29, 1.82) is 0 Å². The van der Waals surface area contributed by atoms with Gasteiger partial charge in [0.2, 0.25) is 5.89 Å². The maximum Gasteiger partial charge on any atom is 0.490 e. The second kappa shape index (κ2) is 13.7. The van der Waals surface area contributed by atoms with E-state index >= 15 is 0 Å². The fourth-order valence-corrected chi connectivity index (χ4v) is 2.97. The Morgan fingerprint density at radius 3 is 2.29 bits per heavy atom. The van der Waals surface area contributed by atoms with Crippen LogP contribution in [-0.4, -0.2) is 50.0 Å². The van der Waals surface area contributed by atoms with Crippen LogP contribution in [0.2, 0.25) is 0 Å². The van der Waals surface area contributed by atoms with Gasteiger partial charge in [-0.05, 0) is 37.0 Å². The monoisotopic (exact) mass is 494 g/mol. The second-order valence-electron chi connectivity index (χ2n) is 7.35. The summed E-state index contributed by atoms with van der Waals surface area (Å²) in [5.41, 5.74) is 0.787. The molecule has 0 saturated heterocycles. The molecule has 35 heavy (non-hydrogen) atoms. The van der Waals surface area contributed by atoms with Crippen molar-refractivity contribution in [3.63, 3.8) is 0 Å². The number of hydrogen-bond donors (Lipinski definition) is 3. The number of aryl methyl sites for hydroxylation is 2. The lowest BCUT2D eigenvalue weighted by molar-refractivity contribution is -0.192. The Balaban J connectivity index is 0.000000540. The van der Waals surface area contributed by atoms with Gasteiger partial charge < -0.3 is 20.1 Å². The number of halogens is 3. The Labute approximate surface area is 199 Å². The summed E-state index contributed by atoms with van der Waals surface area (Å²) in [6.07, 6.45) is 0.176. The number of unbranched alkanes of at least 4 members (excludes halogenated alkanes) is 1. The highest BCUT2D eigenvalue weighted by Gasteiger charge is 2.38. The largest absolute Gasteiger partial charge is 0.490 e. The zero-order valence-corrected chi connectivity index (χ0v) is 18.6. The predicted molar refractivity (Wildman–Crippen MR) is 119 cm³/mol. The van der Waals surface area contributed by atoms with Crippen LogP contribution in [0.15, 0.2) is 59.3 Å². The first-order valence-electron chi connectivity index (χ1n) is 10.7. The van der Waals surface area contributed by atoms with Gasteiger partial charge >= 0.3 is 18.1 Å². The lowest BCUT2D eigenvalue weighted by Gasteiger charge is -2.10. The molecule has 1 unspecified atom stereocenters. The standard InChI is InChI=1S/C21H24N4O3.C2HF3O2/c26-21(27)17(16-8-2-1-3-9-16)12-13-20-24-19(25-28-20)11-5-7-15-23-18-10-4-6-14-22-18;3-2(4,5)1(6)7/h1-4,6,8-10,14,17H,5,7,11-13,15H2,(H,22,23)(H,26,27);(H,6,7). The van der Waals surface area contributed by atoms with Gasteiger partial charge in [-0.2, -0.15) is 18.2 Å². The van der Waals surface area contributed by atoms with Crippen molar-refractivity contribution >= 4 is 17.8 Å². The average Bonchev–Trinajstić information content (AvgIpc) is 3.27. The van der Waals surface area contributed by atoms with E-state index in [1.807, 2.05) is 48.5 Å². The zero-order valence-electron chi connectivity index (χ0n) is 18.6. The molecule has 3 aromatic rings. The lowest BCUT2D eigenvalue weighted by atomic mass is 9.94. The number of rotatable bonds is 11. The number of hydrogen-bond acceptors (Lipinski definition) is 7. The van der Waals surface area contributed by atoms with Crippen molar-refractivity contribution in [2.75, 3.05) is 11.9 Å². The normalized spacial score (nSPS) is 11.7. The molecule has 3 N–H and O–H groups in total. The van der Waals surface area contributed by atoms with Crippen molar-refractivity contribution in [3.05, 3.63) is 72.0 Å². The van der Waals surface area contributed by atoms with Crippen molar-refractivity contribution < 1.29 is 37.5 Å². The van der Waals surface area contributed by atoms with Crippen LogP contribution in [0.5, 0.6) is 0 Å². The number of carbonyl (C=O) groups is 2. The van der Waals surface area contributed by atoms with E-state index in [-0.39, 0.29) is 0 Å². The molecule has 0 aliphatic rings. The molecule has 3 rings (SSSR count). The summed E-state index contributed by atoms with van der Waals surface area (Å²) in [6, 6.07) is 15.0. The van der Waals surface area contributed by atoms with Gasteiger partial charge in [0.05, 0.1) is 5.92 Å². The Bertz CT molecular complexity index is 1050. The van der Waals surface area contributed by atoms with Gasteiger partial charge in [0.1, 0.15) is 5.82 Å². The van der Waals surface area contributed by atoms with E-state index in [1.165, 1.54) is 0 Å². The van der Waals surface area contributed by atoms with Crippen molar-refractivity contribution in [1.82, 2.24) is 15.1 Å². The minimum atomic E-state index is -5.08. The Hall–Kier alpha value is -3.96. The average molecular weight is 494 g/mol. The molecule has 0 bridgehead atoms. The minimum Gasteiger partial charge on any atom is -0.481 e. The molecule has 0 aliphatic carbocycles. The topological polar surface area (TPSA) is 138 Å². The molecule has 0 spiro atoms. The molecule has 188 valence electrons. The lowest BCUT2D eigenvalue weighted by Crippen LogP contribution is -2.21. The summed E-state index contributed by atoms with van der Waals surface area (Å²) in [5.74, 6) is -2.15. The summed E-state index contributed by atoms with van der Waals surface area (Å²) < 4.78 is 37.0. The molecule has 2 aromatic heterocycles. The van der Waals surface area contributed by atoms with Crippen molar-refractivity contribution in [3.8, 4) is 0 Å². The summed E-state index contributed by atoms with van der Waals surface area (Å²) in [4.78, 5) is 29.1. The summed E-state index contributed by atoms with van der Waals surface area (Å²) in [5, 5.41) is 23.9. The van der Waals surface area contributed by atoms with Gasteiger partial charge in [-0.25, -0.2) is 9.78 Å². The molecular weight excluding hydrogens is 469 g/mol. The third-order valence-electron chi connectivity index (χ3n) is 4.70. The third kappa shape index (κ3) is 10.2. The molecule has 12 heteroatoms. The van der Waals surface area contributed by atoms with Crippen LogP contribution < -0.4 is 5.32 Å². The summed E-state index contributed by atoms with van der Waals surface area (Å²) in [7, 11) is 0. The third-order valence-corrected chi connectivity index (χ3v) is 4.70. The quantitative estimate of drug-likeness (QED) is 0.332. The minimum absolute atomic E-state index is 0.426. The number of carboxylic acid groups (broad SMARTS) is 2. The van der Waals surface area contributed by atoms with Crippen LogP contribution in [0.4, 0.5) is 19.0 Å². The second-order valence-corrected chi connectivity index (χ2v) is 7.35. The number of nitrogens with one attached hydrogen (secondary N) is 1. The van der Waals surface area contributed by atoms with Crippen molar-refractivity contribution in [2.45, 2.75) is 44.2 Å². The molecule has 0 saturated carbocycles. The maximum absolute atomic E-state index is 11.6. The molecule has 1 aromatic carbocycles. The zero-order chi connectivity index (χ0) is 25.7. The Morgan fingerprint density at radius 2 is 1.69 bits per heavy atom. The highest BCUT2D eigenvalue weighted by atomic mass is 19.4. The van der Waals surface area contributed by atoms with Crippen molar-refractivity contribution in [2.24, 2.45) is 0 Å². The van der Waals surface area contributed by atoms with Gasteiger partial charge in [-0.3, -0.25) is 4.79 Å².